The van der Waals surface area contributed by atoms with E-state index in [4.69, 9.17) is 5.73 Å². The summed E-state index contributed by atoms with van der Waals surface area (Å²) in [7, 11) is 0. The van der Waals surface area contributed by atoms with Crippen molar-refractivity contribution in [2.24, 2.45) is 10.8 Å². The first kappa shape index (κ1) is 13.3. The van der Waals surface area contributed by atoms with Crippen LogP contribution in [0.3, 0.4) is 0 Å². The van der Waals surface area contributed by atoms with Crippen molar-refractivity contribution in [1.82, 2.24) is 5.43 Å². The first-order chi connectivity index (χ1) is 7.91. The van der Waals surface area contributed by atoms with Crippen molar-refractivity contribution in [2.45, 2.75) is 0 Å². The Kier molecular flexibility index (Phi) is 4.35. The van der Waals surface area contributed by atoms with Crippen LogP contribution in [0.4, 0.5) is 5.69 Å². The highest BCUT2D eigenvalue weighted by atomic mass is 79.9. The number of benzene rings is 1. The van der Waals surface area contributed by atoms with Crippen LogP contribution in [0.15, 0.2) is 21.7 Å². The van der Waals surface area contributed by atoms with Crippen LogP contribution < -0.4 is 11.2 Å². The lowest BCUT2D eigenvalue weighted by Gasteiger charge is -2.01. The molecule has 0 heterocycles. The Bertz CT molecular complexity index is 506. The number of hydrazone groups is 1. The molecule has 4 N–H and O–H groups in total. The number of nitrogens with one attached hydrogen (secondary N) is 1. The van der Waals surface area contributed by atoms with E-state index in [1.165, 1.54) is 18.3 Å². The van der Waals surface area contributed by atoms with E-state index >= 15 is 0 Å². The third-order valence-electron chi connectivity index (χ3n) is 1.66. The fourth-order valence-electron chi connectivity index (χ4n) is 1.01. The molecule has 90 valence electrons. The fraction of sp³-hybridized carbons (Fsp3) is 0. The second-order valence-electron chi connectivity index (χ2n) is 2.85. The summed E-state index contributed by atoms with van der Waals surface area (Å²) in [5.74, 6) is -0.480. The van der Waals surface area contributed by atoms with Gasteiger partial charge in [-0.2, -0.15) is 5.10 Å². The molecule has 0 saturated heterocycles. The number of aromatic hydroxyl groups is 1. The first-order valence-corrected chi connectivity index (χ1v) is 5.37. The summed E-state index contributed by atoms with van der Waals surface area (Å²) in [5.41, 5.74) is 7.14. The maximum absolute atomic E-state index is 10.6. The number of hydrogen-bond acceptors (Lipinski definition) is 5. The minimum atomic E-state index is -0.696. The number of nitrogens with two attached hydrogens (primary N) is 1. The maximum Gasteiger partial charge on any atom is 0.312 e. The van der Waals surface area contributed by atoms with Crippen LogP contribution in [0.2, 0.25) is 0 Å². The molecule has 0 atom stereocenters. The van der Waals surface area contributed by atoms with E-state index in [2.05, 4.69) is 38.7 Å². The summed E-state index contributed by atoms with van der Waals surface area (Å²) >= 11 is 7.60. The molecule has 0 unspecified atom stereocenters. The third-order valence-corrected chi connectivity index (χ3v) is 2.21. The van der Waals surface area contributed by atoms with Crippen LogP contribution in [0, 0.1) is 10.1 Å². The molecule has 17 heavy (non-hydrogen) atoms. The van der Waals surface area contributed by atoms with Crippen molar-refractivity contribution in [3.05, 3.63) is 32.3 Å². The highest BCUT2D eigenvalue weighted by molar-refractivity contribution is 9.10. The van der Waals surface area contributed by atoms with Gasteiger partial charge < -0.3 is 10.8 Å². The van der Waals surface area contributed by atoms with Crippen LogP contribution in [0.25, 0.3) is 0 Å². The predicted molar refractivity (Wildman–Crippen MR) is 70.0 cm³/mol. The van der Waals surface area contributed by atoms with Gasteiger partial charge in [-0.3, -0.25) is 15.5 Å². The number of halogens is 1. The summed E-state index contributed by atoms with van der Waals surface area (Å²) in [6, 6.07) is 2.65. The average Bonchev–Trinajstić information content (AvgIpc) is 2.21. The van der Waals surface area contributed by atoms with E-state index in [-0.39, 0.29) is 10.7 Å². The monoisotopic (exact) mass is 318 g/mol. The molecule has 0 amide bonds. The zero-order valence-corrected chi connectivity index (χ0v) is 10.7. The van der Waals surface area contributed by atoms with Crippen molar-refractivity contribution >= 4 is 45.2 Å². The van der Waals surface area contributed by atoms with E-state index < -0.39 is 16.4 Å². The largest absolute Gasteiger partial charge is 0.502 e. The van der Waals surface area contributed by atoms with E-state index in [1.54, 1.807) is 0 Å². The van der Waals surface area contributed by atoms with Gasteiger partial charge in [0.1, 0.15) is 0 Å². The Morgan fingerprint density at radius 2 is 2.35 bits per heavy atom. The molecule has 0 saturated carbocycles. The average molecular weight is 319 g/mol. The molecule has 0 bridgehead atoms. The quantitative estimate of drug-likeness (QED) is 0.334. The number of nitrogens with zero attached hydrogens (tertiary/aromatic N) is 2. The van der Waals surface area contributed by atoms with Crippen molar-refractivity contribution in [2.75, 3.05) is 0 Å². The van der Waals surface area contributed by atoms with Crippen molar-refractivity contribution in [3.63, 3.8) is 0 Å². The Balaban J connectivity index is 3.11. The van der Waals surface area contributed by atoms with Crippen molar-refractivity contribution in [1.29, 1.82) is 0 Å². The Labute approximate surface area is 110 Å². The standard InChI is InChI=1S/C8H7BrN4O3S/c9-5-1-4(3-11-12-8(10)17)7(14)6(2-5)13(15)16/h1-3,14H,(H3,10,12,17). The molecule has 9 heteroatoms. The minimum Gasteiger partial charge on any atom is -0.502 e. The second-order valence-corrected chi connectivity index (χ2v) is 4.21. The fourth-order valence-corrected chi connectivity index (χ4v) is 1.52. The zero-order chi connectivity index (χ0) is 13.0. The Morgan fingerprint density at radius 3 is 2.88 bits per heavy atom. The van der Waals surface area contributed by atoms with Gasteiger partial charge in [0.2, 0.25) is 5.75 Å². The molecule has 7 nitrogen and oxygen atoms in total. The summed E-state index contributed by atoms with van der Waals surface area (Å²) in [6.45, 7) is 0. The SMILES string of the molecule is NC(=S)NN=Cc1cc(Br)cc([N+](=O)[O-])c1O. The van der Waals surface area contributed by atoms with Crippen LogP contribution in [-0.4, -0.2) is 21.4 Å². The van der Waals surface area contributed by atoms with Gasteiger partial charge in [-0.15, -0.1) is 0 Å². The molecule has 0 aromatic heterocycles. The topological polar surface area (TPSA) is 114 Å². The molecule has 0 spiro atoms. The number of phenols is 1. The van der Waals surface area contributed by atoms with Crippen LogP contribution in [-0.2, 0) is 0 Å². The molecular weight excluding hydrogens is 312 g/mol. The Morgan fingerprint density at radius 1 is 1.71 bits per heavy atom. The van der Waals surface area contributed by atoms with Gasteiger partial charge in [0.15, 0.2) is 5.11 Å². The van der Waals surface area contributed by atoms with E-state index in [1.807, 2.05) is 0 Å². The number of nitro benzene ring substituents is 1. The third kappa shape index (κ3) is 3.64. The number of rotatable bonds is 3. The normalized spacial score (nSPS) is 10.4. The van der Waals surface area contributed by atoms with Gasteiger partial charge in [-0.25, -0.2) is 0 Å². The summed E-state index contributed by atoms with van der Waals surface area (Å²) in [6.07, 6.45) is 1.17. The smallest absolute Gasteiger partial charge is 0.312 e. The molecule has 0 aliphatic carbocycles. The van der Waals surface area contributed by atoms with E-state index in [0.717, 1.165) is 0 Å². The molecule has 0 fully saturated rings. The summed E-state index contributed by atoms with van der Waals surface area (Å²) < 4.78 is 0.443. The maximum atomic E-state index is 10.6. The number of nitro groups is 1. The predicted octanol–water partition coefficient (Wildman–Crippen LogP) is 1.23. The lowest BCUT2D eigenvalue weighted by molar-refractivity contribution is -0.385. The van der Waals surface area contributed by atoms with Gasteiger partial charge in [-0.1, -0.05) is 15.9 Å². The Hall–Kier alpha value is -1.74. The van der Waals surface area contributed by atoms with Crippen molar-refractivity contribution < 1.29 is 10.0 Å². The minimum absolute atomic E-state index is 0.0507. The number of thiocarbonyl (C=S) groups is 1. The molecule has 0 radical (unpaired) electrons. The second kappa shape index (κ2) is 5.55. The van der Waals surface area contributed by atoms with Gasteiger partial charge in [0.05, 0.1) is 11.1 Å². The lowest BCUT2D eigenvalue weighted by atomic mass is 10.2. The molecule has 0 aliphatic heterocycles. The number of hydrogen-bond donors (Lipinski definition) is 3. The highest BCUT2D eigenvalue weighted by Crippen LogP contribution is 2.32. The molecule has 1 aromatic carbocycles. The highest BCUT2D eigenvalue weighted by Gasteiger charge is 2.17. The zero-order valence-electron chi connectivity index (χ0n) is 8.25. The van der Waals surface area contributed by atoms with E-state index in [9.17, 15) is 15.2 Å². The molecule has 0 aliphatic rings. The van der Waals surface area contributed by atoms with Gasteiger partial charge >= 0.3 is 5.69 Å². The summed E-state index contributed by atoms with van der Waals surface area (Å²) in [5, 5.41) is 23.8. The summed E-state index contributed by atoms with van der Waals surface area (Å²) in [4.78, 5) is 9.94. The van der Waals surface area contributed by atoms with E-state index in [0.29, 0.717) is 4.47 Å². The molecule has 1 rings (SSSR count). The molecular formula is C8H7BrN4O3S. The molecule has 1 aromatic rings. The number of phenolic OH excluding ortho intramolecular Hbond substituents is 1. The van der Waals surface area contributed by atoms with Crippen LogP contribution in [0.5, 0.6) is 5.75 Å². The lowest BCUT2D eigenvalue weighted by Crippen LogP contribution is -2.24. The van der Waals surface area contributed by atoms with Gasteiger partial charge in [-0.05, 0) is 18.3 Å². The van der Waals surface area contributed by atoms with Crippen LogP contribution >= 0.6 is 28.1 Å². The van der Waals surface area contributed by atoms with Gasteiger partial charge in [0.25, 0.3) is 0 Å². The first-order valence-electron chi connectivity index (χ1n) is 4.17. The van der Waals surface area contributed by atoms with Gasteiger partial charge in [0, 0.05) is 16.1 Å². The van der Waals surface area contributed by atoms with Crippen molar-refractivity contribution in [3.8, 4) is 5.75 Å². The van der Waals surface area contributed by atoms with Crippen LogP contribution in [0.1, 0.15) is 5.56 Å².